The summed E-state index contributed by atoms with van der Waals surface area (Å²) < 4.78 is 5.24. The second kappa shape index (κ2) is 7.05. The van der Waals surface area contributed by atoms with Crippen LogP contribution >= 0.6 is 0 Å². The third-order valence-corrected chi connectivity index (χ3v) is 3.32. The van der Waals surface area contributed by atoms with Crippen LogP contribution in [-0.2, 0) is 14.3 Å². The number of benzene rings is 1. The molecular weight excluding hydrogens is 256 g/mol. The number of amides is 2. The van der Waals surface area contributed by atoms with Gasteiger partial charge in [0.25, 0.3) is 0 Å². The first-order valence-corrected chi connectivity index (χ1v) is 6.84. The van der Waals surface area contributed by atoms with E-state index in [2.05, 4.69) is 5.32 Å². The van der Waals surface area contributed by atoms with E-state index in [9.17, 15) is 9.59 Å². The average Bonchev–Trinajstić information content (AvgIpc) is 2.48. The van der Waals surface area contributed by atoms with E-state index in [1.165, 1.54) is 6.92 Å². The number of nitrogens with zero attached hydrogens (tertiary/aromatic N) is 1. The fourth-order valence-electron chi connectivity index (χ4n) is 2.30. The van der Waals surface area contributed by atoms with Crippen molar-refractivity contribution in [3.8, 4) is 0 Å². The Bertz CT molecular complexity index is 455. The van der Waals surface area contributed by atoms with Gasteiger partial charge < -0.3 is 15.0 Å². The van der Waals surface area contributed by atoms with E-state index in [1.54, 1.807) is 4.90 Å². The van der Waals surface area contributed by atoms with E-state index < -0.39 is 0 Å². The van der Waals surface area contributed by atoms with Crippen molar-refractivity contribution in [1.82, 2.24) is 10.2 Å². The maximum absolute atomic E-state index is 12.3. The van der Waals surface area contributed by atoms with Gasteiger partial charge in [0.15, 0.2) is 0 Å². The molecule has 5 nitrogen and oxygen atoms in total. The predicted molar refractivity (Wildman–Crippen MR) is 75.0 cm³/mol. The molecule has 1 saturated heterocycles. The summed E-state index contributed by atoms with van der Waals surface area (Å²) in [5.74, 6) is -0.0791. The van der Waals surface area contributed by atoms with Gasteiger partial charge in [0, 0.05) is 20.0 Å². The Labute approximate surface area is 118 Å². The Kier molecular flexibility index (Phi) is 5.12. The van der Waals surface area contributed by atoms with Gasteiger partial charge in [0.1, 0.15) is 0 Å². The Morgan fingerprint density at radius 2 is 1.90 bits per heavy atom. The minimum Gasteiger partial charge on any atom is -0.378 e. The average molecular weight is 276 g/mol. The van der Waals surface area contributed by atoms with Gasteiger partial charge in [-0.15, -0.1) is 0 Å². The molecule has 1 atom stereocenters. The number of rotatable bonds is 4. The van der Waals surface area contributed by atoms with Crippen molar-refractivity contribution in [1.29, 1.82) is 0 Å². The summed E-state index contributed by atoms with van der Waals surface area (Å²) >= 11 is 0. The van der Waals surface area contributed by atoms with Gasteiger partial charge >= 0.3 is 0 Å². The van der Waals surface area contributed by atoms with E-state index >= 15 is 0 Å². The SMILES string of the molecule is CC(=O)NC(CC(=O)N1CCOCC1)c1ccccc1. The molecule has 0 saturated carbocycles. The standard InChI is InChI=1S/C15H20N2O3/c1-12(18)16-14(13-5-3-2-4-6-13)11-15(19)17-7-9-20-10-8-17/h2-6,14H,7-11H2,1H3,(H,16,18). The van der Waals surface area contributed by atoms with E-state index in [1.807, 2.05) is 30.3 Å². The topological polar surface area (TPSA) is 58.6 Å². The van der Waals surface area contributed by atoms with Gasteiger partial charge in [0.05, 0.1) is 25.7 Å². The lowest BCUT2D eigenvalue weighted by Gasteiger charge is -2.28. The van der Waals surface area contributed by atoms with Gasteiger partial charge in [-0.1, -0.05) is 30.3 Å². The van der Waals surface area contributed by atoms with Crippen molar-refractivity contribution in [2.45, 2.75) is 19.4 Å². The Balaban J connectivity index is 2.03. The van der Waals surface area contributed by atoms with E-state index in [4.69, 9.17) is 4.74 Å². The number of hydrogen-bond donors (Lipinski definition) is 1. The van der Waals surface area contributed by atoms with Crippen molar-refractivity contribution in [2.75, 3.05) is 26.3 Å². The summed E-state index contributed by atoms with van der Waals surface area (Å²) in [6.07, 6.45) is 0.281. The second-order valence-corrected chi connectivity index (χ2v) is 4.86. The summed E-state index contributed by atoms with van der Waals surface area (Å²) in [4.78, 5) is 25.4. The molecule has 1 aromatic rings. The molecule has 1 unspecified atom stereocenters. The zero-order valence-electron chi connectivity index (χ0n) is 11.7. The van der Waals surface area contributed by atoms with Crippen molar-refractivity contribution < 1.29 is 14.3 Å². The van der Waals surface area contributed by atoms with Crippen molar-refractivity contribution in [3.63, 3.8) is 0 Å². The minimum absolute atomic E-state index is 0.0518. The Morgan fingerprint density at radius 3 is 2.50 bits per heavy atom. The number of ether oxygens (including phenoxy) is 1. The monoisotopic (exact) mass is 276 g/mol. The largest absolute Gasteiger partial charge is 0.378 e. The molecule has 1 aliphatic rings. The molecule has 0 radical (unpaired) electrons. The van der Waals surface area contributed by atoms with Crippen LogP contribution in [0, 0.1) is 0 Å². The summed E-state index contributed by atoms with van der Waals surface area (Å²) in [5, 5.41) is 2.85. The van der Waals surface area contributed by atoms with Gasteiger partial charge in [0.2, 0.25) is 11.8 Å². The first kappa shape index (κ1) is 14.5. The highest BCUT2D eigenvalue weighted by molar-refractivity contribution is 5.79. The first-order valence-electron chi connectivity index (χ1n) is 6.84. The van der Waals surface area contributed by atoms with Crippen LogP contribution in [-0.4, -0.2) is 43.0 Å². The van der Waals surface area contributed by atoms with Crippen molar-refractivity contribution in [2.24, 2.45) is 0 Å². The predicted octanol–water partition coefficient (Wildman–Crippen LogP) is 1.11. The van der Waals surface area contributed by atoms with Gasteiger partial charge in [-0.2, -0.15) is 0 Å². The third-order valence-electron chi connectivity index (χ3n) is 3.32. The number of morpholine rings is 1. The van der Waals surface area contributed by atoms with Crippen molar-refractivity contribution in [3.05, 3.63) is 35.9 Å². The number of carbonyl (C=O) groups excluding carboxylic acids is 2. The molecule has 1 N–H and O–H groups in total. The summed E-state index contributed by atoms with van der Waals surface area (Å²) in [6, 6.07) is 9.30. The maximum atomic E-state index is 12.3. The number of hydrogen-bond acceptors (Lipinski definition) is 3. The van der Waals surface area contributed by atoms with Gasteiger partial charge in [-0.3, -0.25) is 9.59 Å². The first-order chi connectivity index (χ1) is 9.66. The molecule has 5 heteroatoms. The highest BCUT2D eigenvalue weighted by Gasteiger charge is 2.22. The number of nitrogens with one attached hydrogen (secondary N) is 1. The van der Waals surface area contributed by atoms with Crippen LogP contribution in [0.1, 0.15) is 24.9 Å². The zero-order valence-corrected chi connectivity index (χ0v) is 11.7. The van der Waals surface area contributed by atoms with Crippen LogP contribution in [0.15, 0.2) is 30.3 Å². The highest BCUT2D eigenvalue weighted by Crippen LogP contribution is 2.18. The summed E-state index contributed by atoms with van der Waals surface area (Å²) in [5.41, 5.74) is 0.948. The Hall–Kier alpha value is -1.88. The second-order valence-electron chi connectivity index (χ2n) is 4.86. The van der Waals surface area contributed by atoms with Crippen molar-refractivity contribution >= 4 is 11.8 Å². The molecule has 0 bridgehead atoms. The molecule has 1 heterocycles. The van der Waals surface area contributed by atoms with Crippen LogP contribution in [0.5, 0.6) is 0 Å². The van der Waals surface area contributed by atoms with Crippen LogP contribution in [0.2, 0.25) is 0 Å². The quantitative estimate of drug-likeness (QED) is 0.896. The Morgan fingerprint density at radius 1 is 1.25 bits per heavy atom. The lowest BCUT2D eigenvalue weighted by atomic mass is 10.0. The molecule has 2 amide bonds. The van der Waals surface area contributed by atoms with Gasteiger partial charge in [-0.05, 0) is 5.56 Å². The third kappa shape index (κ3) is 4.06. The minimum atomic E-state index is -0.274. The van der Waals surface area contributed by atoms with Crippen LogP contribution < -0.4 is 5.32 Å². The molecule has 1 aromatic carbocycles. The summed E-state index contributed by atoms with van der Waals surface area (Å²) in [7, 11) is 0. The molecule has 0 spiro atoms. The zero-order chi connectivity index (χ0) is 14.4. The molecule has 1 fully saturated rings. The van der Waals surface area contributed by atoms with Crippen LogP contribution in [0.3, 0.4) is 0 Å². The van der Waals surface area contributed by atoms with Crippen LogP contribution in [0.4, 0.5) is 0 Å². The molecule has 2 rings (SSSR count). The maximum Gasteiger partial charge on any atom is 0.225 e. The molecule has 0 aliphatic carbocycles. The van der Waals surface area contributed by atoms with E-state index in [-0.39, 0.29) is 24.3 Å². The molecule has 108 valence electrons. The molecular formula is C15H20N2O3. The fourth-order valence-corrected chi connectivity index (χ4v) is 2.30. The highest BCUT2D eigenvalue weighted by atomic mass is 16.5. The van der Waals surface area contributed by atoms with E-state index in [0.717, 1.165) is 5.56 Å². The summed E-state index contributed by atoms with van der Waals surface area (Å²) in [6.45, 7) is 3.89. The lowest BCUT2D eigenvalue weighted by Crippen LogP contribution is -2.42. The smallest absolute Gasteiger partial charge is 0.225 e. The normalized spacial score (nSPS) is 16.6. The fraction of sp³-hybridized carbons (Fsp3) is 0.467. The van der Waals surface area contributed by atoms with Crippen LogP contribution in [0.25, 0.3) is 0 Å². The lowest BCUT2D eigenvalue weighted by molar-refractivity contribution is -0.136. The molecule has 20 heavy (non-hydrogen) atoms. The van der Waals surface area contributed by atoms with E-state index in [0.29, 0.717) is 26.3 Å². The van der Waals surface area contributed by atoms with Gasteiger partial charge in [-0.25, -0.2) is 0 Å². The number of carbonyl (C=O) groups is 2. The molecule has 0 aromatic heterocycles. The molecule has 1 aliphatic heterocycles.